The summed E-state index contributed by atoms with van der Waals surface area (Å²) in [5.74, 6) is -1.39. The van der Waals surface area contributed by atoms with E-state index in [9.17, 15) is 13.9 Å². The minimum Gasteiger partial charge on any atom is -0.376 e. The Balaban J connectivity index is 1.79. The van der Waals surface area contributed by atoms with E-state index in [1.165, 1.54) is 34.7 Å². The van der Waals surface area contributed by atoms with Crippen molar-refractivity contribution < 1.29 is 13.9 Å². The van der Waals surface area contributed by atoms with E-state index in [0.717, 1.165) is 12.1 Å². The maximum atomic E-state index is 14.1. The number of nitrogens with zero attached hydrogens (tertiary/aromatic N) is 4. The average molecular weight is 419 g/mol. The molecule has 9 heteroatoms. The summed E-state index contributed by atoms with van der Waals surface area (Å²) in [6, 6.07) is 10.0. The molecule has 28 heavy (non-hydrogen) atoms. The molecule has 0 spiro atoms. The minimum absolute atomic E-state index is 0.0491. The van der Waals surface area contributed by atoms with Crippen LogP contribution in [0.3, 0.4) is 0 Å². The van der Waals surface area contributed by atoms with Crippen LogP contribution in [0.5, 0.6) is 0 Å². The van der Waals surface area contributed by atoms with E-state index in [0.29, 0.717) is 21.3 Å². The van der Waals surface area contributed by atoms with E-state index in [1.54, 1.807) is 29.6 Å². The van der Waals surface area contributed by atoms with Crippen molar-refractivity contribution in [2.45, 2.75) is 12.1 Å². The molecule has 0 bridgehead atoms. The Labute approximate surface area is 167 Å². The van der Waals surface area contributed by atoms with Crippen molar-refractivity contribution in [3.63, 3.8) is 0 Å². The molecule has 0 saturated carbocycles. The van der Waals surface area contributed by atoms with E-state index >= 15 is 0 Å². The molecule has 2 heterocycles. The molecule has 1 unspecified atom stereocenters. The number of benzene rings is 2. The lowest BCUT2D eigenvalue weighted by molar-refractivity contribution is 0.0570. The smallest absolute Gasteiger partial charge is 0.160 e. The standard InChI is InChI=1S/C19H13ClF2N4OS/c20-13-3-1-12(2-4-13)19(27,9-26-11-23-10-24-26)18-25-17(8-28-18)15-6-5-14(21)7-16(15)22/h1-8,10-11,27H,9H2. The zero-order chi connectivity index (χ0) is 19.7. The minimum atomic E-state index is -1.54. The van der Waals surface area contributed by atoms with Crippen LogP contribution < -0.4 is 0 Å². The highest BCUT2D eigenvalue weighted by atomic mass is 35.5. The van der Waals surface area contributed by atoms with Crippen LogP contribution in [0.25, 0.3) is 11.3 Å². The van der Waals surface area contributed by atoms with E-state index < -0.39 is 17.2 Å². The largest absolute Gasteiger partial charge is 0.376 e. The average Bonchev–Trinajstić information content (AvgIpc) is 3.34. The third-order valence-corrected chi connectivity index (χ3v) is 5.49. The van der Waals surface area contributed by atoms with Gasteiger partial charge in [0, 0.05) is 22.0 Å². The first-order valence-corrected chi connectivity index (χ1v) is 9.44. The normalized spacial score (nSPS) is 13.4. The molecule has 0 aliphatic rings. The van der Waals surface area contributed by atoms with Crippen molar-refractivity contribution in [1.29, 1.82) is 0 Å². The maximum absolute atomic E-state index is 14.1. The van der Waals surface area contributed by atoms with Gasteiger partial charge in [0.2, 0.25) is 0 Å². The van der Waals surface area contributed by atoms with Crippen LogP contribution >= 0.6 is 22.9 Å². The summed E-state index contributed by atoms with van der Waals surface area (Å²) in [5.41, 5.74) is -0.531. The number of aromatic nitrogens is 4. The van der Waals surface area contributed by atoms with Crippen LogP contribution in [-0.4, -0.2) is 24.9 Å². The summed E-state index contributed by atoms with van der Waals surface area (Å²) in [4.78, 5) is 8.33. The second kappa shape index (κ2) is 7.38. The maximum Gasteiger partial charge on any atom is 0.160 e. The predicted molar refractivity (Wildman–Crippen MR) is 102 cm³/mol. The van der Waals surface area contributed by atoms with Gasteiger partial charge in [-0.1, -0.05) is 23.7 Å². The van der Waals surface area contributed by atoms with Crippen LogP contribution in [0.2, 0.25) is 5.02 Å². The Kier molecular flexibility index (Phi) is 4.92. The number of thiazole rings is 1. The SMILES string of the molecule is OC(Cn1cncn1)(c1ccc(Cl)cc1)c1nc(-c2ccc(F)cc2F)cs1. The lowest BCUT2D eigenvalue weighted by Crippen LogP contribution is -2.33. The predicted octanol–water partition coefficient (Wildman–Crippen LogP) is 4.27. The number of hydrogen-bond acceptors (Lipinski definition) is 5. The molecule has 1 atom stereocenters. The summed E-state index contributed by atoms with van der Waals surface area (Å²) < 4.78 is 28.8. The highest BCUT2D eigenvalue weighted by Crippen LogP contribution is 2.36. The van der Waals surface area contributed by atoms with Gasteiger partial charge >= 0.3 is 0 Å². The third kappa shape index (κ3) is 3.54. The Hall–Kier alpha value is -2.68. The molecule has 0 fully saturated rings. The lowest BCUT2D eigenvalue weighted by atomic mass is 9.94. The van der Waals surface area contributed by atoms with Crippen molar-refractivity contribution in [1.82, 2.24) is 19.7 Å². The number of halogens is 3. The van der Waals surface area contributed by atoms with Gasteiger partial charge in [-0.15, -0.1) is 11.3 Å². The molecule has 5 nitrogen and oxygen atoms in total. The molecule has 1 N–H and O–H groups in total. The van der Waals surface area contributed by atoms with Crippen LogP contribution in [0.1, 0.15) is 10.6 Å². The monoisotopic (exact) mass is 418 g/mol. The fourth-order valence-electron chi connectivity index (χ4n) is 2.84. The second-order valence-corrected chi connectivity index (χ2v) is 7.42. The van der Waals surface area contributed by atoms with Gasteiger partial charge in [0.15, 0.2) is 5.60 Å². The fourth-order valence-corrected chi connectivity index (χ4v) is 3.90. The van der Waals surface area contributed by atoms with Crippen molar-refractivity contribution in [2.75, 3.05) is 0 Å². The zero-order valence-corrected chi connectivity index (χ0v) is 15.8. The molecule has 2 aromatic heterocycles. The first-order valence-electron chi connectivity index (χ1n) is 8.18. The quantitative estimate of drug-likeness (QED) is 0.525. The number of rotatable bonds is 5. The van der Waals surface area contributed by atoms with Crippen LogP contribution in [0.4, 0.5) is 8.78 Å². The number of hydrogen-bond donors (Lipinski definition) is 1. The highest BCUT2D eigenvalue weighted by Gasteiger charge is 2.36. The molecule has 4 aromatic rings. The van der Waals surface area contributed by atoms with Crippen molar-refractivity contribution in [3.05, 3.63) is 87.7 Å². The fraction of sp³-hybridized carbons (Fsp3) is 0.105. The molecular weight excluding hydrogens is 406 g/mol. The summed E-state index contributed by atoms with van der Waals surface area (Å²) >= 11 is 7.14. The zero-order valence-electron chi connectivity index (χ0n) is 14.3. The number of aliphatic hydroxyl groups is 1. The van der Waals surface area contributed by atoms with Crippen LogP contribution in [0.15, 0.2) is 60.5 Å². The van der Waals surface area contributed by atoms with E-state index in [-0.39, 0.29) is 12.1 Å². The Morgan fingerprint density at radius 3 is 2.61 bits per heavy atom. The Bertz CT molecular complexity index is 1100. The topological polar surface area (TPSA) is 63.8 Å². The first kappa shape index (κ1) is 18.7. The Morgan fingerprint density at radius 1 is 1.14 bits per heavy atom. The third-order valence-electron chi connectivity index (χ3n) is 4.24. The summed E-state index contributed by atoms with van der Waals surface area (Å²) in [5, 5.41) is 18.1. The van der Waals surface area contributed by atoms with Gasteiger partial charge < -0.3 is 5.11 Å². The van der Waals surface area contributed by atoms with Gasteiger partial charge in [-0.25, -0.2) is 23.4 Å². The molecule has 2 aromatic carbocycles. The lowest BCUT2D eigenvalue weighted by Gasteiger charge is -2.26. The van der Waals surface area contributed by atoms with Crippen molar-refractivity contribution in [2.24, 2.45) is 0 Å². The molecular formula is C19H13ClF2N4OS. The first-order chi connectivity index (χ1) is 13.5. The van der Waals surface area contributed by atoms with E-state index in [1.807, 2.05) is 0 Å². The van der Waals surface area contributed by atoms with Gasteiger partial charge in [0.1, 0.15) is 29.3 Å². The van der Waals surface area contributed by atoms with Crippen LogP contribution in [-0.2, 0) is 12.1 Å². The molecule has 0 amide bonds. The summed E-state index contributed by atoms with van der Waals surface area (Å²) in [7, 11) is 0. The van der Waals surface area contributed by atoms with Gasteiger partial charge in [0.25, 0.3) is 0 Å². The molecule has 4 rings (SSSR count). The molecule has 0 radical (unpaired) electrons. The summed E-state index contributed by atoms with van der Waals surface area (Å²) in [6.07, 6.45) is 2.85. The van der Waals surface area contributed by atoms with Gasteiger partial charge in [-0.3, -0.25) is 0 Å². The Morgan fingerprint density at radius 2 is 1.93 bits per heavy atom. The van der Waals surface area contributed by atoms with Gasteiger partial charge in [-0.2, -0.15) is 5.10 Å². The highest BCUT2D eigenvalue weighted by molar-refractivity contribution is 7.10. The van der Waals surface area contributed by atoms with E-state index in [4.69, 9.17) is 11.6 Å². The van der Waals surface area contributed by atoms with E-state index in [2.05, 4.69) is 15.1 Å². The molecule has 0 saturated heterocycles. The molecule has 0 aliphatic carbocycles. The van der Waals surface area contributed by atoms with Gasteiger partial charge in [0.05, 0.1) is 12.2 Å². The summed E-state index contributed by atoms with van der Waals surface area (Å²) in [6.45, 7) is 0.0491. The second-order valence-electron chi connectivity index (χ2n) is 6.12. The molecule has 0 aliphatic heterocycles. The van der Waals surface area contributed by atoms with Crippen molar-refractivity contribution >= 4 is 22.9 Å². The van der Waals surface area contributed by atoms with Crippen molar-refractivity contribution in [3.8, 4) is 11.3 Å². The van der Waals surface area contributed by atoms with Crippen LogP contribution in [0, 0.1) is 11.6 Å². The molecule has 142 valence electrons. The van der Waals surface area contributed by atoms with Gasteiger partial charge in [-0.05, 0) is 29.8 Å².